The molecule has 0 unspecified atom stereocenters. The Morgan fingerprint density at radius 1 is 1.25 bits per heavy atom. The Bertz CT molecular complexity index is 31.5. The van der Waals surface area contributed by atoms with E-state index in [4.69, 9.17) is 0 Å². The van der Waals surface area contributed by atoms with Crippen molar-refractivity contribution >= 4 is 0 Å². The summed E-state index contributed by atoms with van der Waals surface area (Å²) < 4.78 is 0. The number of hydrogen-bond donors (Lipinski definition) is 0. The first-order valence-corrected chi connectivity index (χ1v) is 2.95. The van der Waals surface area contributed by atoms with Crippen LogP contribution >= 0.6 is 0 Å². The summed E-state index contributed by atoms with van der Waals surface area (Å²) in [5, 5.41) is 0. The molecule has 0 bridgehead atoms. The van der Waals surface area contributed by atoms with Crippen LogP contribution in [0.5, 0.6) is 0 Å². The van der Waals surface area contributed by atoms with Crippen molar-refractivity contribution in [2.75, 3.05) is 13.2 Å². The van der Waals surface area contributed by atoms with Crippen molar-refractivity contribution in [1.82, 2.24) is 0 Å². The van der Waals surface area contributed by atoms with Gasteiger partial charge in [-0.2, -0.15) is 0 Å². The largest absolute Gasteiger partial charge is 0.237 e. The molecule has 0 saturated carbocycles. The van der Waals surface area contributed by atoms with Gasteiger partial charge in [0, 0.05) is 0 Å². The van der Waals surface area contributed by atoms with E-state index in [-0.39, 0.29) is 0 Å². The van der Waals surface area contributed by atoms with Gasteiger partial charge in [-0.3, -0.25) is 0 Å². The number of rotatable bonds is 5. The SMILES string of the molecule is [CH2]CCOOCCC. The standard InChI is InChI=1S/C6H13O2/c1-3-5-7-8-6-4-2/h1,3-6H2,2H3. The molecule has 0 rings (SSSR count). The molecule has 0 heterocycles. The summed E-state index contributed by atoms with van der Waals surface area (Å²) in [4.78, 5) is 9.34. The quantitative estimate of drug-likeness (QED) is 0.309. The Morgan fingerprint density at radius 2 is 1.88 bits per heavy atom. The van der Waals surface area contributed by atoms with E-state index >= 15 is 0 Å². The van der Waals surface area contributed by atoms with Crippen LogP contribution in [0.25, 0.3) is 0 Å². The fourth-order valence-corrected chi connectivity index (χ4v) is 0.260. The molecule has 0 amide bonds. The summed E-state index contributed by atoms with van der Waals surface area (Å²) in [7, 11) is 0. The monoisotopic (exact) mass is 117 g/mol. The van der Waals surface area contributed by atoms with Crippen molar-refractivity contribution in [2.45, 2.75) is 19.8 Å². The summed E-state index contributed by atoms with van der Waals surface area (Å²) in [6, 6.07) is 0. The van der Waals surface area contributed by atoms with Gasteiger partial charge in [0.05, 0.1) is 13.2 Å². The Morgan fingerprint density at radius 3 is 2.38 bits per heavy atom. The Hall–Kier alpha value is -0.0800. The van der Waals surface area contributed by atoms with Crippen LogP contribution in [-0.2, 0) is 9.78 Å². The van der Waals surface area contributed by atoms with Gasteiger partial charge in [0.15, 0.2) is 0 Å². The molecule has 0 saturated heterocycles. The molecule has 49 valence electrons. The van der Waals surface area contributed by atoms with Crippen molar-refractivity contribution in [1.29, 1.82) is 0 Å². The third-order valence-corrected chi connectivity index (χ3v) is 0.598. The highest BCUT2D eigenvalue weighted by Gasteiger charge is 1.81. The van der Waals surface area contributed by atoms with Gasteiger partial charge in [-0.1, -0.05) is 13.8 Å². The summed E-state index contributed by atoms with van der Waals surface area (Å²) in [5.41, 5.74) is 0. The van der Waals surface area contributed by atoms with Gasteiger partial charge in [-0.25, -0.2) is 9.78 Å². The second-order valence-electron chi connectivity index (χ2n) is 1.50. The van der Waals surface area contributed by atoms with Crippen LogP contribution in [0.4, 0.5) is 0 Å². The van der Waals surface area contributed by atoms with Crippen molar-refractivity contribution < 1.29 is 9.78 Å². The van der Waals surface area contributed by atoms with E-state index in [1.54, 1.807) is 0 Å². The summed E-state index contributed by atoms with van der Waals surface area (Å²) >= 11 is 0. The molecule has 0 aliphatic carbocycles. The lowest BCUT2D eigenvalue weighted by molar-refractivity contribution is -0.293. The van der Waals surface area contributed by atoms with E-state index in [0.29, 0.717) is 13.2 Å². The average molecular weight is 117 g/mol. The highest BCUT2D eigenvalue weighted by atomic mass is 17.2. The summed E-state index contributed by atoms with van der Waals surface area (Å²) in [5.74, 6) is 0. The minimum absolute atomic E-state index is 0.597. The molecular formula is C6H13O2. The van der Waals surface area contributed by atoms with Crippen molar-refractivity contribution in [3.05, 3.63) is 6.92 Å². The maximum absolute atomic E-state index is 4.68. The molecule has 8 heavy (non-hydrogen) atoms. The van der Waals surface area contributed by atoms with E-state index in [1.165, 1.54) is 0 Å². The van der Waals surface area contributed by atoms with Crippen molar-refractivity contribution in [3.63, 3.8) is 0 Å². The molecule has 1 radical (unpaired) electrons. The normalized spacial score (nSPS) is 9.75. The zero-order valence-electron chi connectivity index (χ0n) is 5.35. The Kier molecular flexibility index (Phi) is 6.85. The maximum Gasteiger partial charge on any atom is 0.0822 e. The zero-order chi connectivity index (χ0) is 6.24. The molecule has 2 nitrogen and oxygen atoms in total. The van der Waals surface area contributed by atoms with Crippen molar-refractivity contribution in [3.8, 4) is 0 Å². The second-order valence-corrected chi connectivity index (χ2v) is 1.50. The van der Waals surface area contributed by atoms with Gasteiger partial charge in [0.2, 0.25) is 0 Å². The van der Waals surface area contributed by atoms with Gasteiger partial charge >= 0.3 is 0 Å². The van der Waals surface area contributed by atoms with E-state index in [1.807, 2.05) is 6.92 Å². The van der Waals surface area contributed by atoms with Gasteiger partial charge in [-0.15, -0.1) is 0 Å². The van der Waals surface area contributed by atoms with Crippen LogP contribution in [0.2, 0.25) is 0 Å². The third kappa shape index (κ3) is 5.92. The van der Waals surface area contributed by atoms with E-state index in [9.17, 15) is 0 Å². The molecule has 0 aliphatic heterocycles. The van der Waals surface area contributed by atoms with Gasteiger partial charge in [-0.05, 0) is 12.8 Å². The summed E-state index contributed by atoms with van der Waals surface area (Å²) in [6.45, 7) is 6.89. The highest BCUT2D eigenvalue weighted by Crippen LogP contribution is 1.83. The first-order valence-electron chi connectivity index (χ1n) is 2.95. The van der Waals surface area contributed by atoms with Gasteiger partial charge in [0.25, 0.3) is 0 Å². The number of hydrogen-bond acceptors (Lipinski definition) is 2. The van der Waals surface area contributed by atoms with Gasteiger partial charge < -0.3 is 0 Å². The van der Waals surface area contributed by atoms with Crippen LogP contribution < -0.4 is 0 Å². The zero-order valence-corrected chi connectivity index (χ0v) is 5.35. The molecule has 0 aromatic carbocycles. The molecule has 0 spiro atoms. The molecule has 0 fully saturated rings. The minimum Gasteiger partial charge on any atom is -0.237 e. The second kappa shape index (κ2) is 6.92. The smallest absolute Gasteiger partial charge is 0.0822 e. The topological polar surface area (TPSA) is 18.5 Å². The van der Waals surface area contributed by atoms with Crippen LogP contribution in [-0.4, -0.2) is 13.2 Å². The fraction of sp³-hybridized carbons (Fsp3) is 0.833. The van der Waals surface area contributed by atoms with Gasteiger partial charge in [0.1, 0.15) is 0 Å². The molecule has 0 atom stereocenters. The maximum atomic E-state index is 4.68. The van der Waals surface area contributed by atoms with Crippen LogP contribution in [0.1, 0.15) is 19.8 Å². The average Bonchev–Trinajstić information content (AvgIpc) is 1.81. The third-order valence-electron chi connectivity index (χ3n) is 0.598. The molecule has 2 heteroatoms. The van der Waals surface area contributed by atoms with Crippen molar-refractivity contribution in [2.24, 2.45) is 0 Å². The summed E-state index contributed by atoms with van der Waals surface area (Å²) in [6.07, 6.45) is 1.76. The van der Waals surface area contributed by atoms with Crippen LogP contribution in [0.3, 0.4) is 0 Å². The first kappa shape index (κ1) is 7.92. The van der Waals surface area contributed by atoms with E-state index in [2.05, 4.69) is 16.7 Å². The van der Waals surface area contributed by atoms with E-state index < -0.39 is 0 Å². The first-order chi connectivity index (χ1) is 3.91. The lowest BCUT2D eigenvalue weighted by Crippen LogP contribution is -1.95. The lowest BCUT2D eigenvalue weighted by atomic mass is 10.5. The predicted molar refractivity (Wildman–Crippen MR) is 32.2 cm³/mol. The molecule has 0 aromatic rings. The molecule has 0 N–H and O–H groups in total. The Labute approximate surface area is 50.7 Å². The predicted octanol–water partition coefficient (Wildman–Crippen LogP) is 1.57. The molecule has 0 aliphatic rings. The fourth-order valence-electron chi connectivity index (χ4n) is 0.260. The Balaban J connectivity index is 2.53. The minimum atomic E-state index is 0.597. The molecular weight excluding hydrogens is 104 g/mol. The van der Waals surface area contributed by atoms with Crippen LogP contribution in [0, 0.1) is 6.92 Å². The highest BCUT2D eigenvalue weighted by molar-refractivity contribution is 4.30. The van der Waals surface area contributed by atoms with E-state index in [0.717, 1.165) is 12.8 Å². The van der Waals surface area contributed by atoms with Crippen LogP contribution in [0.15, 0.2) is 0 Å². The lowest BCUT2D eigenvalue weighted by Gasteiger charge is -1.97. The molecule has 0 aromatic heterocycles.